The van der Waals surface area contributed by atoms with Gasteiger partial charge in [-0.15, -0.1) is 0 Å². The molecule has 3 rings (SSSR count). The molecule has 13 nitrogen and oxygen atoms in total. The summed E-state index contributed by atoms with van der Waals surface area (Å²) in [6, 6.07) is 9.76. The van der Waals surface area contributed by atoms with Crippen LogP contribution in [-0.2, 0) is 4.79 Å². The highest BCUT2D eigenvalue weighted by molar-refractivity contribution is 6.35. The summed E-state index contributed by atoms with van der Waals surface area (Å²) in [6.07, 6.45) is 1.01. The Morgan fingerprint density at radius 1 is 1.03 bits per heavy atom. The van der Waals surface area contributed by atoms with Gasteiger partial charge in [0.1, 0.15) is 12.1 Å². The van der Waals surface area contributed by atoms with Crippen molar-refractivity contribution in [2.75, 3.05) is 17.3 Å². The Bertz CT molecular complexity index is 1230. The van der Waals surface area contributed by atoms with Crippen molar-refractivity contribution in [1.82, 2.24) is 15.4 Å². The molecule has 0 saturated heterocycles. The van der Waals surface area contributed by atoms with E-state index in [2.05, 4.69) is 26.1 Å². The van der Waals surface area contributed by atoms with Gasteiger partial charge in [-0.2, -0.15) is 0 Å². The number of ether oxygens (including phenoxy) is 1. The minimum absolute atomic E-state index is 0.189. The summed E-state index contributed by atoms with van der Waals surface area (Å²) in [4.78, 5) is 40.8. The van der Waals surface area contributed by atoms with E-state index in [9.17, 15) is 25.0 Å². The van der Waals surface area contributed by atoms with Crippen LogP contribution in [0.5, 0.6) is 5.75 Å². The van der Waals surface area contributed by atoms with E-state index in [1.165, 1.54) is 42.5 Å². The standard InChI is InChI=1S/C18H13Cl2N7O6/c19-10-4-5-14(13(20)6-10)33-8-15(28)24-25-18-16(27(31)32)17(21-9-22-18)23-11-2-1-3-12(7-11)26(29)30/h1-7,9H,8H2,(H,24,28)(H2,21,22,23,25). The van der Waals surface area contributed by atoms with Crippen LogP contribution in [0, 0.1) is 20.2 Å². The van der Waals surface area contributed by atoms with Gasteiger partial charge < -0.3 is 10.1 Å². The highest BCUT2D eigenvalue weighted by atomic mass is 35.5. The van der Waals surface area contributed by atoms with E-state index in [4.69, 9.17) is 27.9 Å². The normalized spacial score (nSPS) is 10.2. The van der Waals surface area contributed by atoms with Gasteiger partial charge in [0.2, 0.25) is 11.6 Å². The number of nitrogens with one attached hydrogen (secondary N) is 3. The van der Waals surface area contributed by atoms with Crippen molar-refractivity contribution in [2.24, 2.45) is 0 Å². The molecule has 170 valence electrons. The highest BCUT2D eigenvalue weighted by Crippen LogP contribution is 2.31. The summed E-state index contributed by atoms with van der Waals surface area (Å²) in [6.45, 7) is -0.466. The summed E-state index contributed by atoms with van der Waals surface area (Å²) in [5, 5.41) is 25.8. The molecule has 33 heavy (non-hydrogen) atoms. The molecule has 0 fully saturated rings. The van der Waals surface area contributed by atoms with Crippen LogP contribution in [0.2, 0.25) is 10.0 Å². The number of nitro groups is 2. The zero-order chi connectivity index (χ0) is 24.0. The van der Waals surface area contributed by atoms with E-state index in [0.29, 0.717) is 5.02 Å². The monoisotopic (exact) mass is 493 g/mol. The molecule has 2 aromatic carbocycles. The van der Waals surface area contributed by atoms with E-state index in [0.717, 1.165) is 6.33 Å². The lowest BCUT2D eigenvalue weighted by atomic mass is 10.3. The van der Waals surface area contributed by atoms with E-state index in [1.54, 1.807) is 0 Å². The maximum atomic E-state index is 12.1. The van der Waals surface area contributed by atoms with E-state index in [1.807, 2.05) is 0 Å². The van der Waals surface area contributed by atoms with Gasteiger partial charge >= 0.3 is 5.69 Å². The number of non-ortho nitro benzene ring substituents is 1. The van der Waals surface area contributed by atoms with Gasteiger partial charge in [0.25, 0.3) is 11.6 Å². The molecule has 0 saturated carbocycles. The Labute approximate surface area is 195 Å². The Morgan fingerprint density at radius 3 is 2.48 bits per heavy atom. The van der Waals surface area contributed by atoms with Gasteiger partial charge in [-0.05, 0) is 24.3 Å². The molecule has 0 unspecified atom stereocenters. The number of amides is 1. The Kier molecular flexibility index (Phi) is 7.38. The number of hydrazine groups is 1. The number of aromatic nitrogens is 2. The average molecular weight is 494 g/mol. The lowest BCUT2D eigenvalue weighted by molar-refractivity contribution is -0.384. The smallest absolute Gasteiger partial charge is 0.355 e. The number of carbonyl (C=O) groups excluding carboxylic acids is 1. The molecule has 0 aliphatic heterocycles. The third-order valence-corrected chi connectivity index (χ3v) is 4.43. The molecule has 0 aliphatic rings. The van der Waals surface area contributed by atoms with Crippen LogP contribution in [0.25, 0.3) is 0 Å². The number of halogens is 2. The second-order valence-corrected chi connectivity index (χ2v) is 6.99. The predicted octanol–water partition coefficient (Wildman–Crippen LogP) is 3.87. The Balaban J connectivity index is 1.70. The topological polar surface area (TPSA) is 174 Å². The molecular weight excluding hydrogens is 481 g/mol. The first-order valence-corrected chi connectivity index (χ1v) is 9.63. The molecule has 0 spiro atoms. The Morgan fingerprint density at radius 2 is 1.79 bits per heavy atom. The second kappa shape index (κ2) is 10.4. The molecule has 1 aromatic heterocycles. The number of nitrogens with zero attached hydrogens (tertiary/aromatic N) is 4. The fourth-order valence-corrected chi connectivity index (χ4v) is 2.93. The first-order valence-electron chi connectivity index (χ1n) is 8.88. The summed E-state index contributed by atoms with van der Waals surface area (Å²) in [5.41, 5.74) is 3.92. The summed E-state index contributed by atoms with van der Waals surface area (Å²) >= 11 is 11.8. The van der Waals surface area contributed by atoms with Crippen LogP contribution in [0.1, 0.15) is 0 Å². The van der Waals surface area contributed by atoms with Crippen LogP contribution in [0.15, 0.2) is 48.8 Å². The second-order valence-electron chi connectivity index (χ2n) is 6.15. The number of anilines is 3. The third kappa shape index (κ3) is 6.15. The van der Waals surface area contributed by atoms with Crippen LogP contribution < -0.4 is 20.9 Å². The maximum Gasteiger partial charge on any atom is 0.355 e. The number of hydrogen-bond acceptors (Lipinski definition) is 10. The number of benzene rings is 2. The number of carbonyl (C=O) groups is 1. The maximum absolute atomic E-state index is 12.1. The molecule has 3 aromatic rings. The quantitative estimate of drug-likeness (QED) is 0.293. The number of hydrogen-bond donors (Lipinski definition) is 3. The lowest BCUT2D eigenvalue weighted by Crippen LogP contribution is -2.34. The summed E-state index contributed by atoms with van der Waals surface area (Å²) < 4.78 is 5.28. The molecule has 0 aliphatic carbocycles. The van der Waals surface area contributed by atoms with E-state index in [-0.39, 0.29) is 33.8 Å². The molecule has 1 heterocycles. The van der Waals surface area contributed by atoms with Gasteiger partial charge in [-0.1, -0.05) is 29.3 Å². The van der Waals surface area contributed by atoms with Crippen molar-refractivity contribution in [3.63, 3.8) is 0 Å². The molecule has 3 N–H and O–H groups in total. The summed E-state index contributed by atoms with van der Waals surface area (Å²) in [5.74, 6) is -1.06. The van der Waals surface area contributed by atoms with Crippen molar-refractivity contribution < 1.29 is 19.4 Å². The zero-order valence-electron chi connectivity index (χ0n) is 16.3. The lowest BCUT2D eigenvalue weighted by Gasteiger charge is -2.12. The van der Waals surface area contributed by atoms with Crippen molar-refractivity contribution in [1.29, 1.82) is 0 Å². The third-order valence-electron chi connectivity index (χ3n) is 3.90. The van der Waals surface area contributed by atoms with Crippen molar-refractivity contribution >= 4 is 57.8 Å². The first kappa shape index (κ1) is 23.4. The van der Waals surface area contributed by atoms with Gasteiger partial charge in [0.05, 0.1) is 14.9 Å². The highest BCUT2D eigenvalue weighted by Gasteiger charge is 2.24. The first-order chi connectivity index (χ1) is 15.7. The van der Waals surface area contributed by atoms with Crippen molar-refractivity contribution in [3.8, 4) is 5.75 Å². The van der Waals surface area contributed by atoms with E-state index >= 15 is 0 Å². The van der Waals surface area contributed by atoms with Crippen molar-refractivity contribution in [2.45, 2.75) is 0 Å². The fraction of sp³-hybridized carbons (Fsp3) is 0.0556. The minimum Gasteiger partial charge on any atom is -0.482 e. The molecule has 1 amide bonds. The summed E-state index contributed by atoms with van der Waals surface area (Å²) in [7, 11) is 0. The van der Waals surface area contributed by atoms with Crippen LogP contribution in [-0.4, -0.2) is 32.3 Å². The van der Waals surface area contributed by atoms with Gasteiger partial charge in [0, 0.05) is 22.8 Å². The van der Waals surface area contributed by atoms with Crippen LogP contribution >= 0.6 is 23.2 Å². The SMILES string of the molecule is O=C(COc1ccc(Cl)cc1Cl)NNc1ncnc(Nc2cccc([N+](=O)[O-])c2)c1[N+](=O)[O-]. The molecule has 0 bridgehead atoms. The van der Waals surface area contributed by atoms with Gasteiger partial charge in [0.15, 0.2) is 6.61 Å². The van der Waals surface area contributed by atoms with Gasteiger partial charge in [-0.25, -0.2) is 9.97 Å². The molecule has 15 heteroatoms. The predicted molar refractivity (Wildman–Crippen MR) is 119 cm³/mol. The van der Waals surface area contributed by atoms with E-state index < -0.39 is 28.0 Å². The fourth-order valence-electron chi connectivity index (χ4n) is 2.47. The van der Waals surface area contributed by atoms with Crippen LogP contribution in [0.3, 0.4) is 0 Å². The Hall–Kier alpha value is -4.23. The average Bonchev–Trinajstić information content (AvgIpc) is 2.77. The largest absolute Gasteiger partial charge is 0.482 e. The zero-order valence-corrected chi connectivity index (χ0v) is 17.8. The number of rotatable bonds is 9. The van der Waals surface area contributed by atoms with Crippen LogP contribution in [0.4, 0.5) is 28.7 Å². The molecule has 0 atom stereocenters. The van der Waals surface area contributed by atoms with Gasteiger partial charge in [-0.3, -0.25) is 35.9 Å². The molecule has 0 radical (unpaired) electrons. The number of nitro benzene ring substituents is 1. The minimum atomic E-state index is -0.780. The van der Waals surface area contributed by atoms with Crippen molar-refractivity contribution in [3.05, 3.63) is 79.1 Å². The molecular formula is C18H13Cl2N7O6.